The number of benzene rings is 3. The minimum absolute atomic E-state index is 0. The van der Waals surface area contributed by atoms with Gasteiger partial charge in [-0.05, 0) is 30.3 Å². The third-order valence-corrected chi connectivity index (χ3v) is 5.09. The zero-order valence-corrected chi connectivity index (χ0v) is 19.5. The summed E-state index contributed by atoms with van der Waals surface area (Å²) in [4.78, 5) is 24.1. The van der Waals surface area contributed by atoms with Crippen LogP contribution in [0.3, 0.4) is 0 Å². The van der Waals surface area contributed by atoms with Crippen LogP contribution >= 0.6 is 11.6 Å². The van der Waals surface area contributed by atoms with E-state index in [0.29, 0.717) is 5.39 Å². The summed E-state index contributed by atoms with van der Waals surface area (Å²) in [5.74, 6) is -3.92. The van der Waals surface area contributed by atoms with Crippen LogP contribution < -0.4 is 34.7 Å². The summed E-state index contributed by atoms with van der Waals surface area (Å²) >= 11 is 5.95. The molecule has 0 bridgehead atoms. The van der Waals surface area contributed by atoms with E-state index in [9.17, 15) is 32.3 Å². The number of alkyl halides is 3. The van der Waals surface area contributed by atoms with Crippen LogP contribution in [0.4, 0.5) is 17.6 Å². The van der Waals surface area contributed by atoms with E-state index in [2.05, 4.69) is 5.10 Å². The van der Waals surface area contributed by atoms with Crippen molar-refractivity contribution < 1.29 is 61.8 Å². The number of para-hydroxylation sites is 1. The van der Waals surface area contributed by atoms with Crippen LogP contribution in [0, 0.1) is 5.82 Å². The SMILES string of the molecule is O=C([O-])c1ccc(-c2nn(C(=O)c3c(Cl)cccc3C(F)(F)F)c3ccccc23)cc1F.[Na+]. The van der Waals surface area contributed by atoms with Crippen molar-refractivity contribution in [3.8, 4) is 11.3 Å². The van der Waals surface area contributed by atoms with Gasteiger partial charge in [0.15, 0.2) is 0 Å². The minimum atomic E-state index is -4.84. The van der Waals surface area contributed by atoms with Crippen molar-refractivity contribution in [1.29, 1.82) is 0 Å². The summed E-state index contributed by atoms with van der Waals surface area (Å²) in [6, 6.07) is 12.3. The van der Waals surface area contributed by atoms with Gasteiger partial charge < -0.3 is 9.90 Å². The molecule has 11 heteroatoms. The van der Waals surface area contributed by atoms with Gasteiger partial charge in [0.1, 0.15) is 11.5 Å². The molecular weight excluding hydrogens is 475 g/mol. The van der Waals surface area contributed by atoms with Crippen molar-refractivity contribution in [2.24, 2.45) is 0 Å². The maximum absolute atomic E-state index is 14.2. The summed E-state index contributed by atoms with van der Waals surface area (Å²) < 4.78 is 55.4. The Kier molecular flexibility index (Phi) is 6.99. The van der Waals surface area contributed by atoms with E-state index in [1.54, 1.807) is 18.2 Å². The van der Waals surface area contributed by atoms with Crippen LogP contribution in [0.15, 0.2) is 60.7 Å². The molecule has 4 aromatic rings. The average molecular weight is 485 g/mol. The molecule has 0 aliphatic rings. The Hall–Kier alpha value is -2.72. The number of halogens is 5. The van der Waals surface area contributed by atoms with Crippen molar-refractivity contribution in [2.75, 3.05) is 0 Å². The van der Waals surface area contributed by atoms with Crippen molar-refractivity contribution in [3.63, 3.8) is 0 Å². The molecule has 0 atom stereocenters. The number of carbonyl (C=O) groups excluding carboxylic acids is 2. The Morgan fingerprint density at radius 2 is 1.70 bits per heavy atom. The fourth-order valence-electron chi connectivity index (χ4n) is 3.35. The van der Waals surface area contributed by atoms with Crippen LogP contribution in [0.2, 0.25) is 5.02 Å². The predicted octanol–water partition coefficient (Wildman–Crippen LogP) is 1.57. The monoisotopic (exact) mass is 484 g/mol. The maximum atomic E-state index is 14.2. The fraction of sp³-hybridized carbons (Fsp3) is 0.0455. The second-order valence-corrected chi connectivity index (χ2v) is 7.13. The standard InChI is InChI=1S/C22H11ClF4N2O3.Na/c23-15-6-3-5-14(22(25,26)27)18(15)20(30)29-17-7-2-1-4-13(17)19(28-29)11-8-9-12(21(31)32)16(24)10-11;/h1-10H,(H,31,32);/q;+1/p-1. The third-order valence-electron chi connectivity index (χ3n) is 4.78. The van der Waals surface area contributed by atoms with Crippen molar-refractivity contribution in [2.45, 2.75) is 6.18 Å². The second-order valence-electron chi connectivity index (χ2n) is 6.72. The summed E-state index contributed by atoms with van der Waals surface area (Å²) in [6.45, 7) is 0. The van der Waals surface area contributed by atoms with Gasteiger partial charge in [0.25, 0.3) is 5.91 Å². The van der Waals surface area contributed by atoms with Gasteiger partial charge in [-0.1, -0.05) is 41.9 Å². The second kappa shape index (κ2) is 9.26. The normalized spacial score (nSPS) is 11.3. The first kappa shape index (κ1) is 24.9. The Bertz CT molecular complexity index is 1400. The molecule has 0 unspecified atom stereocenters. The number of aromatic nitrogens is 2. The molecule has 0 saturated carbocycles. The van der Waals surface area contributed by atoms with Crippen LogP contribution in [-0.4, -0.2) is 21.7 Å². The van der Waals surface area contributed by atoms with Gasteiger partial charge >= 0.3 is 35.7 Å². The van der Waals surface area contributed by atoms with Gasteiger partial charge in [0, 0.05) is 16.5 Å². The molecule has 0 aliphatic carbocycles. The van der Waals surface area contributed by atoms with Crippen LogP contribution in [0.25, 0.3) is 22.2 Å². The zero-order valence-electron chi connectivity index (χ0n) is 16.8. The number of rotatable bonds is 3. The summed E-state index contributed by atoms with van der Waals surface area (Å²) in [6.07, 6.45) is -4.84. The average Bonchev–Trinajstić information content (AvgIpc) is 3.12. The van der Waals surface area contributed by atoms with Gasteiger partial charge in [-0.15, -0.1) is 0 Å². The van der Waals surface area contributed by atoms with Gasteiger partial charge in [-0.3, -0.25) is 4.79 Å². The molecular formula is C22H10ClF4N2NaO3. The summed E-state index contributed by atoms with van der Waals surface area (Å²) in [5, 5.41) is 15.0. The molecule has 0 radical (unpaired) electrons. The van der Waals surface area contributed by atoms with E-state index in [1.807, 2.05) is 0 Å². The van der Waals surface area contributed by atoms with Crippen molar-refractivity contribution >= 4 is 34.4 Å². The maximum Gasteiger partial charge on any atom is 1.00 e. The van der Waals surface area contributed by atoms with Crippen LogP contribution in [0.1, 0.15) is 26.3 Å². The van der Waals surface area contributed by atoms with E-state index in [1.165, 1.54) is 12.1 Å². The van der Waals surface area contributed by atoms with Crippen LogP contribution in [0.5, 0.6) is 0 Å². The Balaban J connectivity index is 0.00000306. The minimum Gasteiger partial charge on any atom is -0.545 e. The third kappa shape index (κ3) is 4.54. The van der Waals surface area contributed by atoms with E-state index in [-0.39, 0.29) is 46.3 Å². The number of hydrogen-bond acceptors (Lipinski definition) is 4. The molecule has 0 spiro atoms. The molecule has 5 nitrogen and oxygen atoms in total. The van der Waals surface area contributed by atoms with E-state index in [0.717, 1.165) is 35.0 Å². The van der Waals surface area contributed by atoms with E-state index >= 15 is 0 Å². The molecule has 0 amide bonds. The van der Waals surface area contributed by atoms with Crippen molar-refractivity contribution in [3.05, 3.63) is 88.2 Å². The van der Waals surface area contributed by atoms with Crippen molar-refractivity contribution in [1.82, 2.24) is 9.78 Å². The van der Waals surface area contributed by atoms with Gasteiger partial charge in [-0.25, -0.2) is 4.39 Å². The molecule has 3 aromatic carbocycles. The number of nitrogens with zero attached hydrogens (tertiary/aromatic N) is 2. The summed E-state index contributed by atoms with van der Waals surface area (Å²) in [5.41, 5.74) is -2.33. The number of fused-ring (bicyclic) bond motifs is 1. The molecule has 0 aliphatic heterocycles. The Morgan fingerprint density at radius 1 is 1.00 bits per heavy atom. The number of carboxylic acid groups (broad SMARTS) is 1. The largest absolute Gasteiger partial charge is 1.00 e. The van der Waals surface area contributed by atoms with E-state index < -0.39 is 45.6 Å². The molecule has 0 N–H and O–H groups in total. The first-order valence-corrected chi connectivity index (χ1v) is 9.37. The first-order valence-electron chi connectivity index (χ1n) is 8.99. The quantitative estimate of drug-likeness (QED) is 0.327. The molecule has 0 fully saturated rings. The first-order chi connectivity index (χ1) is 15.1. The van der Waals surface area contributed by atoms with Gasteiger partial charge in [-0.2, -0.15) is 23.0 Å². The zero-order chi connectivity index (χ0) is 23.2. The smallest absolute Gasteiger partial charge is 0.545 e. The molecule has 4 rings (SSSR count). The Morgan fingerprint density at radius 3 is 2.33 bits per heavy atom. The van der Waals surface area contributed by atoms with Gasteiger partial charge in [0.2, 0.25) is 0 Å². The number of hydrogen-bond donors (Lipinski definition) is 0. The molecule has 162 valence electrons. The summed E-state index contributed by atoms with van der Waals surface area (Å²) in [7, 11) is 0. The van der Waals surface area contributed by atoms with E-state index in [4.69, 9.17) is 11.6 Å². The number of aromatic carboxylic acids is 1. The molecule has 33 heavy (non-hydrogen) atoms. The molecule has 0 saturated heterocycles. The Labute approximate surface area is 210 Å². The fourth-order valence-corrected chi connectivity index (χ4v) is 3.60. The predicted molar refractivity (Wildman–Crippen MR) is 106 cm³/mol. The van der Waals surface area contributed by atoms with Gasteiger partial charge in [0.05, 0.1) is 27.6 Å². The number of carbonyl (C=O) groups is 2. The molecule has 1 heterocycles. The molecule has 1 aromatic heterocycles. The topological polar surface area (TPSA) is 75.0 Å². The van der Waals surface area contributed by atoms with Crippen LogP contribution in [-0.2, 0) is 6.18 Å². The number of carboxylic acids is 1.